The number of carbonyl (C=O) groups excluding carboxylic acids is 1. The van der Waals surface area contributed by atoms with Crippen LogP contribution in [0.15, 0.2) is 18.2 Å². The number of rotatable bonds is 5. The zero-order chi connectivity index (χ0) is 13.7. The summed E-state index contributed by atoms with van der Waals surface area (Å²) in [5.41, 5.74) is 0.457. The highest BCUT2D eigenvalue weighted by Gasteiger charge is 2.17. The number of nitrogens with one attached hydrogen (secondary N) is 1. The lowest BCUT2D eigenvalue weighted by atomic mass is 10.0. The molecule has 1 aromatic carbocycles. The van der Waals surface area contributed by atoms with Crippen molar-refractivity contribution in [3.05, 3.63) is 28.8 Å². The first-order chi connectivity index (χ1) is 8.45. The first kappa shape index (κ1) is 15.3. The van der Waals surface area contributed by atoms with Gasteiger partial charge in [-0.1, -0.05) is 41.4 Å². The molecule has 0 saturated heterocycles. The molecule has 1 atom stereocenters. The Kier molecular flexibility index (Phi) is 5.96. The highest BCUT2D eigenvalue weighted by Crippen LogP contribution is 2.23. The molecule has 100 valence electrons. The van der Waals surface area contributed by atoms with Crippen LogP contribution >= 0.6 is 27.5 Å². The minimum atomic E-state index is -0.170. The SMILES string of the molecule is CC(C)C(CCBr)NC(=O)c1ccc(O)c(Cl)c1. The van der Waals surface area contributed by atoms with Crippen LogP contribution in [-0.2, 0) is 0 Å². The molecule has 5 heteroatoms. The van der Waals surface area contributed by atoms with E-state index in [0.29, 0.717) is 11.5 Å². The first-order valence-corrected chi connectivity index (χ1v) is 7.31. The van der Waals surface area contributed by atoms with Gasteiger partial charge in [0, 0.05) is 16.9 Å². The Morgan fingerprint density at radius 1 is 1.50 bits per heavy atom. The van der Waals surface area contributed by atoms with Gasteiger partial charge in [-0.2, -0.15) is 0 Å². The summed E-state index contributed by atoms with van der Waals surface area (Å²) >= 11 is 9.16. The minimum Gasteiger partial charge on any atom is -0.506 e. The van der Waals surface area contributed by atoms with Gasteiger partial charge in [-0.25, -0.2) is 0 Å². The Morgan fingerprint density at radius 3 is 2.67 bits per heavy atom. The average molecular weight is 335 g/mol. The van der Waals surface area contributed by atoms with Crippen LogP contribution in [-0.4, -0.2) is 22.4 Å². The number of amides is 1. The van der Waals surface area contributed by atoms with Gasteiger partial charge < -0.3 is 10.4 Å². The van der Waals surface area contributed by atoms with E-state index in [0.717, 1.165) is 11.8 Å². The topological polar surface area (TPSA) is 49.3 Å². The molecule has 0 spiro atoms. The Hall–Kier alpha value is -0.740. The fourth-order valence-electron chi connectivity index (χ4n) is 1.59. The molecule has 0 aliphatic heterocycles. The second kappa shape index (κ2) is 7.00. The molecule has 0 radical (unpaired) electrons. The summed E-state index contributed by atoms with van der Waals surface area (Å²) in [6.45, 7) is 4.13. The molecule has 18 heavy (non-hydrogen) atoms. The molecule has 0 bridgehead atoms. The standard InChI is InChI=1S/C13H17BrClNO2/c1-8(2)11(5-6-14)16-13(18)9-3-4-12(17)10(15)7-9/h3-4,7-8,11,17H,5-6H2,1-2H3,(H,16,18). The van der Waals surface area contributed by atoms with E-state index in [4.69, 9.17) is 11.6 Å². The maximum atomic E-state index is 12.0. The van der Waals surface area contributed by atoms with E-state index in [2.05, 4.69) is 35.1 Å². The fraction of sp³-hybridized carbons (Fsp3) is 0.462. The van der Waals surface area contributed by atoms with Crippen LogP contribution in [0.3, 0.4) is 0 Å². The Morgan fingerprint density at radius 2 is 2.17 bits per heavy atom. The van der Waals surface area contributed by atoms with Crippen molar-refractivity contribution in [3.8, 4) is 5.75 Å². The number of alkyl halides is 1. The van der Waals surface area contributed by atoms with E-state index in [1.807, 2.05) is 0 Å². The van der Waals surface area contributed by atoms with Crippen molar-refractivity contribution in [2.75, 3.05) is 5.33 Å². The number of hydrogen-bond acceptors (Lipinski definition) is 2. The summed E-state index contributed by atoms with van der Waals surface area (Å²) in [5.74, 6) is 0.171. The van der Waals surface area contributed by atoms with E-state index >= 15 is 0 Å². The van der Waals surface area contributed by atoms with Gasteiger partial charge in [0.05, 0.1) is 5.02 Å². The molecule has 0 aliphatic carbocycles. The number of benzene rings is 1. The lowest BCUT2D eigenvalue weighted by Crippen LogP contribution is -2.38. The molecule has 3 nitrogen and oxygen atoms in total. The van der Waals surface area contributed by atoms with Gasteiger partial charge >= 0.3 is 0 Å². The monoisotopic (exact) mass is 333 g/mol. The number of phenols is 1. The van der Waals surface area contributed by atoms with Crippen LogP contribution in [0.5, 0.6) is 5.75 Å². The van der Waals surface area contributed by atoms with Gasteiger partial charge in [0.15, 0.2) is 0 Å². The Labute approximate surface area is 121 Å². The highest BCUT2D eigenvalue weighted by atomic mass is 79.9. The van der Waals surface area contributed by atoms with E-state index in [9.17, 15) is 9.90 Å². The van der Waals surface area contributed by atoms with E-state index in [1.165, 1.54) is 12.1 Å². The van der Waals surface area contributed by atoms with Gasteiger partial charge in [-0.3, -0.25) is 4.79 Å². The van der Waals surface area contributed by atoms with Crippen molar-refractivity contribution in [2.45, 2.75) is 26.3 Å². The third-order valence-corrected chi connectivity index (χ3v) is 3.51. The summed E-state index contributed by atoms with van der Waals surface area (Å²) in [6.07, 6.45) is 0.870. The molecular weight excluding hydrogens is 318 g/mol. The van der Waals surface area contributed by atoms with Crippen molar-refractivity contribution in [1.29, 1.82) is 0 Å². The third kappa shape index (κ3) is 4.18. The molecule has 1 rings (SSSR count). The summed E-state index contributed by atoms with van der Waals surface area (Å²) in [4.78, 5) is 12.0. The summed E-state index contributed by atoms with van der Waals surface area (Å²) in [7, 11) is 0. The quantitative estimate of drug-likeness (QED) is 0.809. The molecule has 0 saturated carbocycles. The number of hydrogen-bond donors (Lipinski definition) is 2. The molecule has 1 amide bonds. The first-order valence-electron chi connectivity index (χ1n) is 5.81. The maximum Gasteiger partial charge on any atom is 0.251 e. The number of aromatic hydroxyl groups is 1. The van der Waals surface area contributed by atoms with Gasteiger partial charge in [0.2, 0.25) is 0 Å². The second-order valence-electron chi connectivity index (χ2n) is 4.47. The Balaban J connectivity index is 2.77. The molecule has 1 unspecified atom stereocenters. The second-order valence-corrected chi connectivity index (χ2v) is 5.67. The largest absolute Gasteiger partial charge is 0.506 e. The zero-order valence-corrected chi connectivity index (χ0v) is 12.8. The van der Waals surface area contributed by atoms with Crippen LogP contribution < -0.4 is 5.32 Å². The minimum absolute atomic E-state index is 0.0194. The van der Waals surface area contributed by atoms with Crippen molar-refractivity contribution >= 4 is 33.4 Å². The third-order valence-electron chi connectivity index (χ3n) is 2.75. The Bertz CT molecular complexity index is 423. The van der Waals surface area contributed by atoms with Crippen LogP contribution in [0.4, 0.5) is 0 Å². The molecule has 0 fully saturated rings. The normalized spacial score (nSPS) is 12.5. The number of halogens is 2. The van der Waals surface area contributed by atoms with Crippen LogP contribution in [0.2, 0.25) is 5.02 Å². The van der Waals surface area contributed by atoms with Gasteiger partial charge in [0.25, 0.3) is 5.91 Å². The fourth-order valence-corrected chi connectivity index (χ4v) is 2.26. The number of phenolic OH excluding ortho intramolecular Hbond substituents is 1. The summed E-state index contributed by atoms with van der Waals surface area (Å²) < 4.78 is 0. The van der Waals surface area contributed by atoms with Crippen molar-refractivity contribution in [1.82, 2.24) is 5.32 Å². The zero-order valence-electron chi connectivity index (χ0n) is 10.4. The molecular formula is C13H17BrClNO2. The van der Waals surface area contributed by atoms with Gasteiger partial charge in [-0.05, 0) is 30.5 Å². The smallest absolute Gasteiger partial charge is 0.251 e. The van der Waals surface area contributed by atoms with E-state index in [-0.39, 0.29) is 22.7 Å². The van der Waals surface area contributed by atoms with Crippen LogP contribution in [0, 0.1) is 5.92 Å². The average Bonchev–Trinajstić information content (AvgIpc) is 2.31. The highest BCUT2D eigenvalue weighted by molar-refractivity contribution is 9.09. The maximum absolute atomic E-state index is 12.0. The van der Waals surface area contributed by atoms with Crippen molar-refractivity contribution in [2.24, 2.45) is 5.92 Å². The summed E-state index contributed by atoms with van der Waals surface area (Å²) in [6, 6.07) is 4.57. The van der Waals surface area contributed by atoms with Crippen molar-refractivity contribution < 1.29 is 9.90 Å². The lowest BCUT2D eigenvalue weighted by molar-refractivity contribution is 0.0925. The number of carbonyl (C=O) groups is 1. The van der Waals surface area contributed by atoms with Crippen molar-refractivity contribution in [3.63, 3.8) is 0 Å². The molecule has 0 heterocycles. The molecule has 0 aliphatic rings. The predicted molar refractivity (Wildman–Crippen MR) is 77.6 cm³/mol. The van der Waals surface area contributed by atoms with Crippen LogP contribution in [0.25, 0.3) is 0 Å². The predicted octanol–water partition coefficient (Wildman–Crippen LogP) is 3.59. The van der Waals surface area contributed by atoms with Crippen LogP contribution in [0.1, 0.15) is 30.6 Å². The van der Waals surface area contributed by atoms with E-state index in [1.54, 1.807) is 6.07 Å². The summed E-state index contributed by atoms with van der Waals surface area (Å²) in [5, 5.41) is 13.3. The molecule has 2 N–H and O–H groups in total. The lowest BCUT2D eigenvalue weighted by Gasteiger charge is -2.21. The molecule has 0 aromatic heterocycles. The van der Waals surface area contributed by atoms with Gasteiger partial charge in [-0.15, -0.1) is 0 Å². The molecule has 1 aromatic rings. The van der Waals surface area contributed by atoms with Gasteiger partial charge in [0.1, 0.15) is 5.75 Å². The van der Waals surface area contributed by atoms with E-state index < -0.39 is 0 Å².